The fraction of sp³-hybridized carbons (Fsp3) is 0.286. The summed E-state index contributed by atoms with van der Waals surface area (Å²) in [5, 5.41) is 0.994. The third-order valence-corrected chi connectivity index (χ3v) is 3.58. The van der Waals surface area contributed by atoms with Crippen molar-refractivity contribution < 1.29 is 4.42 Å². The standard InChI is InChI=1S/C14H16Cl2N2O/c1-2-18(9-11-4-3-5-19-11)8-10-6-12(15)14(17)13(16)7-10/h3-7H,2,8-9,17H2,1H3. The number of halogens is 2. The van der Waals surface area contributed by atoms with Gasteiger partial charge in [-0.15, -0.1) is 0 Å². The molecule has 3 nitrogen and oxygen atoms in total. The zero-order chi connectivity index (χ0) is 13.8. The second kappa shape index (κ2) is 6.33. The van der Waals surface area contributed by atoms with E-state index in [1.165, 1.54) is 0 Å². The number of rotatable bonds is 5. The van der Waals surface area contributed by atoms with E-state index in [1.807, 2.05) is 24.3 Å². The molecule has 0 amide bonds. The summed E-state index contributed by atoms with van der Waals surface area (Å²) in [5.41, 5.74) is 7.20. The Morgan fingerprint density at radius 3 is 2.42 bits per heavy atom. The first kappa shape index (κ1) is 14.3. The average Bonchev–Trinajstić information content (AvgIpc) is 2.88. The number of nitrogens with two attached hydrogens (primary N) is 1. The monoisotopic (exact) mass is 298 g/mol. The van der Waals surface area contributed by atoms with Crippen molar-refractivity contribution in [1.82, 2.24) is 4.90 Å². The van der Waals surface area contributed by atoms with Gasteiger partial charge in [0.1, 0.15) is 5.76 Å². The molecule has 2 rings (SSSR count). The van der Waals surface area contributed by atoms with Crippen LogP contribution in [-0.4, -0.2) is 11.4 Å². The molecule has 0 saturated carbocycles. The maximum atomic E-state index is 6.04. The van der Waals surface area contributed by atoms with Gasteiger partial charge in [-0.25, -0.2) is 0 Å². The van der Waals surface area contributed by atoms with E-state index in [9.17, 15) is 0 Å². The fourth-order valence-electron chi connectivity index (χ4n) is 1.89. The molecule has 0 saturated heterocycles. The molecule has 0 bridgehead atoms. The van der Waals surface area contributed by atoms with Crippen LogP contribution in [0, 0.1) is 0 Å². The molecule has 0 aliphatic heterocycles. The Labute approximate surface area is 122 Å². The van der Waals surface area contributed by atoms with Gasteiger partial charge in [-0.3, -0.25) is 4.90 Å². The van der Waals surface area contributed by atoms with Gasteiger partial charge in [0.05, 0.1) is 28.5 Å². The largest absolute Gasteiger partial charge is 0.468 e. The van der Waals surface area contributed by atoms with E-state index in [4.69, 9.17) is 33.4 Å². The van der Waals surface area contributed by atoms with Gasteiger partial charge in [-0.05, 0) is 36.4 Å². The van der Waals surface area contributed by atoms with Gasteiger partial charge < -0.3 is 10.2 Å². The van der Waals surface area contributed by atoms with Crippen molar-refractivity contribution in [3.63, 3.8) is 0 Å². The third-order valence-electron chi connectivity index (χ3n) is 2.95. The zero-order valence-electron chi connectivity index (χ0n) is 10.7. The quantitative estimate of drug-likeness (QED) is 0.842. The van der Waals surface area contributed by atoms with Crippen molar-refractivity contribution in [3.05, 3.63) is 51.9 Å². The molecule has 2 aromatic rings. The number of anilines is 1. The Hall–Kier alpha value is -1.16. The molecular formula is C14H16Cl2N2O. The van der Waals surface area contributed by atoms with E-state index >= 15 is 0 Å². The highest BCUT2D eigenvalue weighted by Crippen LogP contribution is 2.29. The highest BCUT2D eigenvalue weighted by molar-refractivity contribution is 6.38. The average molecular weight is 299 g/mol. The minimum absolute atomic E-state index is 0.432. The number of hydrogen-bond acceptors (Lipinski definition) is 3. The second-order valence-electron chi connectivity index (χ2n) is 4.36. The summed E-state index contributed by atoms with van der Waals surface area (Å²) in [4.78, 5) is 2.23. The van der Waals surface area contributed by atoms with Crippen LogP contribution in [0.15, 0.2) is 34.9 Å². The Morgan fingerprint density at radius 2 is 1.89 bits per heavy atom. The molecule has 0 spiro atoms. The number of nitrogens with zero attached hydrogens (tertiary/aromatic N) is 1. The van der Waals surface area contributed by atoms with Gasteiger partial charge in [-0.2, -0.15) is 0 Å². The van der Waals surface area contributed by atoms with Crippen LogP contribution in [0.4, 0.5) is 5.69 Å². The summed E-state index contributed by atoms with van der Waals surface area (Å²) < 4.78 is 5.36. The maximum absolute atomic E-state index is 6.04. The van der Waals surface area contributed by atoms with E-state index in [1.54, 1.807) is 6.26 Å². The number of nitrogen functional groups attached to an aromatic ring is 1. The minimum Gasteiger partial charge on any atom is -0.468 e. The SMILES string of the molecule is CCN(Cc1cc(Cl)c(N)c(Cl)c1)Cc1ccco1. The summed E-state index contributed by atoms with van der Waals surface area (Å²) in [5.74, 6) is 0.939. The Morgan fingerprint density at radius 1 is 1.21 bits per heavy atom. The lowest BCUT2D eigenvalue weighted by Gasteiger charge is -2.19. The van der Waals surface area contributed by atoms with Crippen LogP contribution in [0.2, 0.25) is 10.0 Å². The molecule has 1 heterocycles. The van der Waals surface area contributed by atoms with Gasteiger partial charge in [0.15, 0.2) is 0 Å². The minimum atomic E-state index is 0.432. The van der Waals surface area contributed by atoms with E-state index in [-0.39, 0.29) is 0 Å². The van der Waals surface area contributed by atoms with Crippen LogP contribution < -0.4 is 5.73 Å². The smallest absolute Gasteiger partial charge is 0.117 e. The highest BCUT2D eigenvalue weighted by atomic mass is 35.5. The number of furan rings is 1. The van der Waals surface area contributed by atoms with E-state index in [0.717, 1.165) is 31.0 Å². The molecule has 1 aromatic heterocycles. The molecule has 0 aliphatic rings. The zero-order valence-corrected chi connectivity index (χ0v) is 12.2. The Kier molecular flexibility index (Phi) is 4.75. The molecule has 0 aliphatic carbocycles. The van der Waals surface area contributed by atoms with E-state index in [0.29, 0.717) is 15.7 Å². The van der Waals surface area contributed by atoms with Gasteiger partial charge in [-0.1, -0.05) is 30.1 Å². The summed E-state index contributed by atoms with van der Waals surface area (Å²) in [7, 11) is 0. The molecule has 0 unspecified atom stereocenters. The lowest BCUT2D eigenvalue weighted by atomic mass is 10.2. The molecule has 0 fully saturated rings. The molecule has 2 N–H and O–H groups in total. The summed E-state index contributed by atoms with van der Waals surface area (Å²) in [6.07, 6.45) is 1.68. The predicted octanol–water partition coefficient (Wildman–Crippen LogP) is 4.19. The van der Waals surface area contributed by atoms with Crippen LogP contribution in [0.3, 0.4) is 0 Å². The molecule has 0 radical (unpaired) electrons. The van der Waals surface area contributed by atoms with Crippen molar-refractivity contribution in [3.8, 4) is 0 Å². The maximum Gasteiger partial charge on any atom is 0.117 e. The summed E-state index contributed by atoms with van der Waals surface area (Å²) in [6, 6.07) is 7.56. The van der Waals surface area contributed by atoms with Gasteiger partial charge >= 0.3 is 0 Å². The first-order chi connectivity index (χ1) is 9.10. The molecule has 5 heteroatoms. The van der Waals surface area contributed by atoms with Gasteiger partial charge in [0.25, 0.3) is 0 Å². The van der Waals surface area contributed by atoms with Crippen LogP contribution in [-0.2, 0) is 13.1 Å². The first-order valence-electron chi connectivity index (χ1n) is 6.08. The molecule has 19 heavy (non-hydrogen) atoms. The summed E-state index contributed by atoms with van der Waals surface area (Å²) in [6.45, 7) is 4.50. The predicted molar refractivity (Wildman–Crippen MR) is 79.4 cm³/mol. The summed E-state index contributed by atoms with van der Waals surface area (Å²) >= 11 is 12.1. The van der Waals surface area contributed by atoms with Crippen molar-refractivity contribution in [2.45, 2.75) is 20.0 Å². The Bertz CT molecular complexity index is 517. The molecule has 102 valence electrons. The van der Waals surface area contributed by atoms with E-state index < -0.39 is 0 Å². The highest BCUT2D eigenvalue weighted by Gasteiger charge is 2.10. The normalized spacial score (nSPS) is 11.2. The van der Waals surface area contributed by atoms with Crippen LogP contribution >= 0.6 is 23.2 Å². The van der Waals surface area contributed by atoms with Crippen LogP contribution in [0.25, 0.3) is 0 Å². The van der Waals surface area contributed by atoms with Gasteiger partial charge in [0.2, 0.25) is 0 Å². The Balaban J connectivity index is 2.10. The van der Waals surface area contributed by atoms with Crippen LogP contribution in [0.1, 0.15) is 18.2 Å². The lowest BCUT2D eigenvalue weighted by Crippen LogP contribution is -2.22. The van der Waals surface area contributed by atoms with Crippen molar-refractivity contribution in [1.29, 1.82) is 0 Å². The topological polar surface area (TPSA) is 42.4 Å². The van der Waals surface area contributed by atoms with Gasteiger partial charge in [0, 0.05) is 6.54 Å². The van der Waals surface area contributed by atoms with Crippen LogP contribution in [0.5, 0.6) is 0 Å². The van der Waals surface area contributed by atoms with Crippen molar-refractivity contribution in [2.75, 3.05) is 12.3 Å². The van der Waals surface area contributed by atoms with Crippen molar-refractivity contribution in [2.24, 2.45) is 0 Å². The second-order valence-corrected chi connectivity index (χ2v) is 5.17. The molecular weight excluding hydrogens is 283 g/mol. The number of hydrogen-bond donors (Lipinski definition) is 1. The van der Waals surface area contributed by atoms with E-state index in [2.05, 4.69) is 11.8 Å². The number of benzene rings is 1. The van der Waals surface area contributed by atoms with Crippen molar-refractivity contribution >= 4 is 28.9 Å². The fourth-order valence-corrected chi connectivity index (χ4v) is 2.42. The molecule has 0 atom stereocenters. The molecule has 1 aromatic carbocycles. The lowest BCUT2D eigenvalue weighted by molar-refractivity contribution is 0.248. The first-order valence-corrected chi connectivity index (χ1v) is 6.84. The third kappa shape index (κ3) is 3.66.